The predicted octanol–water partition coefficient (Wildman–Crippen LogP) is 4.82. The number of nitrogens with one attached hydrogen (secondary N) is 1. The highest BCUT2D eigenvalue weighted by Crippen LogP contribution is 2.43. The third-order valence-corrected chi connectivity index (χ3v) is 6.30. The number of aliphatic hydroxyl groups is 1. The molecule has 2 amide bonds. The van der Waals surface area contributed by atoms with Crippen LogP contribution in [0.3, 0.4) is 0 Å². The smallest absolute Gasteiger partial charge is 0.416 e. The molecule has 188 valence electrons. The maximum absolute atomic E-state index is 13.4. The summed E-state index contributed by atoms with van der Waals surface area (Å²) < 4.78 is 45.2. The number of ether oxygens (including phenoxy) is 1. The van der Waals surface area contributed by atoms with Crippen molar-refractivity contribution in [3.8, 4) is 17.1 Å². The number of carbonyl (C=O) groups excluding carboxylic acids is 1. The Balaban J connectivity index is 1.50. The van der Waals surface area contributed by atoms with Gasteiger partial charge in [-0.1, -0.05) is 29.8 Å². The zero-order chi connectivity index (χ0) is 25.4. The van der Waals surface area contributed by atoms with Crippen molar-refractivity contribution in [2.24, 2.45) is 0 Å². The number of pyridine rings is 2. The monoisotopic (exact) mass is 519 g/mol. The molecule has 1 saturated heterocycles. The number of urea groups is 1. The third-order valence-electron chi connectivity index (χ3n) is 6.02. The van der Waals surface area contributed by atoms with E-state index in [4.69, 9.17) is 21.4 Å². The average molecular weight is 520 g/mol. The third kappa shape index (κ3) is 4.63. The van der Waals surface area contributed by atoms with E-state index in [-0.39, 0.29) is 47.2 Å². The number of carbonyl (C=O) groups is 1. The van der Waals surface area contributed by atoms with E-state index in [2.05, 4.69) is 20.2 Å². The first kappa shape index (κ1) is 24.1. The summed E-state index contributed by atoms with van der Waals surface area (Å²) in [6, 6.07) is 10.6. The van der Waals surface area contributed by atoms with E-state index >= 15 is 0 Å². The van der Waals surface area contributed by atoms with Gasteiger partial charge in [0.2, 0.25) is 5.88 Å². The van der Waals surface area contributed by atoms with E-state index in [9.17, 15) is 18.0 Å². The minimum atomic E-state index is -4.52. The molecule has 2 aromatic heterocycles. The van der Waals surface area contributed by atoms with Gasteiger partial charge in [0.1, 0.15) is 12.4 Å². The topological polar surface area (TPSA) is 90.8 Å². The molecular formula is C24H21ClF3N5O3. The van der Waals surface area contributed by atoms with Crippen molar-refractivity contribution >= 4 is 35.0 Å². The van der Waals surface area contributed by atoms with Crippen LogP contribution in [-0.2, 0) is 6.18 Å². The molecule has 0 radical (unpaired) electrons. The number of hydrogen-bond donors (Lipinski definition) is 2. The molecular weight excluding hydrogens is 499 g/mol. The second kappa shape index (κ2) is 9.47. The quantitative estimate of drug-likeness (QED) is 0.502. The fourth-order valence-corrected chi connectivity index (χ4v) is 4.67. The molecule has 1 aromatic carbocycles. The minimum Gasteiger partial charge on any atom is -0.475 e. The molecule has 5 rings (SSSR count). The molecule has 2 aliphatic heterocycles. The maximum Gasteiger partial charge on any atom is 0.416 e. The Kier molecular flexibility index (Phi) is 6.35. The summed E-state index contributed by atoms with van der Waals surface area (Å²) in [5.41, 5.74) is 0.164. The van der Waals surface area contributed by atoms with E-state index in [1.165, 1.54) is 17.0 Å². The Morgan fingerprint density at radius 3 is 2.78 bits per heavy atom. The zero-order valence-corrected chi connectivity index (χ0v) is 19.6. The van der Waals surface area contributed by atoms with Crippen LogP contribution in [0.5, 0.6) is 5.88 Å². The van der Waals surface area contributed by atoms with Crippen molar-refractivity contribution in [1.29, 1.82) is 0 Å². The normalized spacial score (nSPS) is 16.6. The molecule has 0 unspecified atom stereocenters. The number of aromatic nitrogens is 2. The van der Waals surface area contributed by atoms with E-state index in [1.54, 1.807) is 24.3 Å². The second-order valence-electron chi connectivity index (χ2n) is 8.36. The number of nitrogens with zero attached hydrogens (tertiary/aromatic N) is 4. The predicted molar refractivity (Wildman–Crippen MR) is 129 cm³/mol. The van der Waals surface area contributed by atoms with Crippen LogP contribution in [0, 0.1) is 0 Å². The Morgan fingerprint density at radius 1 is 1.19 bits per heavy atom. The van der Waals surface area contributed by atoms with E-state index in [0.717, 1.165) is 12.1 Å². The molecule has 0 aliphatic carbocycles. The number of alkyl halides is 3. The largest absolute Gasteiger partial charge is 0.475 e. The van der Waals surface area contributed by atoms with Crippen LogP contribution < -0.4 is 19.9 Å². The van der Waals surface area contributed by atoms with Crippen molar-refractivity contribution in [2.45, 2.75) is 18.6 Å². The Hall–Kier alpha value is -3.57. The van der Waals surface area contributed by atoms with Gasteiger partial charge in [0.15, 0.2) is 5.82 Å². The van der Waals surface area contributed by atoms with Gasteiger partial charge in [0.25, 0.3) is 0 Å². The van der Waals surface area contributed by atoms with Crippen LogP contribution in [0.25, 0.3) is 11.3 Å². The molecule has 0 saturated carbocycles. The molecule has 2 bridgehead atoms. The van der Waals surface area contributed by atoms with Gasteiger partial charge in [-0.05, 0) is 30.7 Å². The number of fused-ring (bicyclic) bond motifs is 4. The van der Waals surface area contributed by atoms with E-state index in [1.807, 2.05) is 0 Å². The number of hydrogen-bond acceptors (Lipinski definition) is 6. The summed E-state index contributed by atoms with van der Waals surface area (Å²) in [4.78, 5) is 25.8. The standard InChI is InChI=1S/C24H21ClF3N5O3/c25-17-12-18-22(31-21(17)14-3-1-4-15(11-14)24(26,27)28)33(16-7-8-32(18)13-16)23(35)30-19-5-2-6-20(29-19)36-10-9-34/h1-6,11-12,16,34H,7-10,13H2,(H,29,30,35)/t16-/m0/s1. The zero-order valence-electron chi connectivity index (χ0n) is 18.8. The van der Waals surface area contributed by atoms with Crippen molar-refractivity contribution < 1.29 is 27.8 Å². The molecule has 1 fully saturated rings. The lowest BCUT2D eigenvalue weighted by Crippen LogP contribution is -2.48. The molecule has 2 N–H and O–H groups in total. The van der Waals surface area contributed by atoms with Gasteiger partial charge in [0, 0.05) is 24.7 Å². The molecule has 2 aliphatic rings. The fourth-order valence-electron chi connectivity index (χ4n) is 4.42. The molecule has 36 heavy (non-hydrogen) atoms. The number of halogens is 4. The summed E-state index contributed by atoms with van der Waals surface area (Å²) in [6.45, 7) is 1.15. The highest BCUT2D eigenvalue weighted by molar-refractivity contribution is 6.33. The first-order chi connectivity index (χ1) is 17.2. The van der Waals surface area contributed by atoms with Crippen LogP contribution >= 0.6 is 11.6 Å². The minimum absolute atomic E-state index is 0.0603. The van der Waals surface area contributed by atoms with Crippen molar-refractivity contribution in [2.75, 3.05) is 41.4 Å². The maximum atomic E-state index is 13.4. The van der Waals surface area contributed by atoms with Crippen molar-refractivity contribution in [3.63, 3.8) is 0 Å². The fraction of sp³-hybridized carbons (Fsp3) is 0.292. The number of aliphatic hydroxyl groups excluding tert-OH is 1. The Morgan fingerprint density at radius 2 is 2.00 bits per heavy atom. The van der Waals surface area contributed by atoms with E-state index < -0.39 is 17.8 Å². The summed E-state index contributed by atoms with van der Waals surface area (Å²) in [7, 11) is 0. The van der Waals surface area contributed by atoms with Gasteiger partial charge in [-0.3, -0.25) is 10.2 Å². The Labute approximate surface area is 209 Å². The van der Waals surface area contributed by atoms with Gasteiger partial charge in [0.05, 0.1) is 34.6 Å². The number of rotatable bonds is 5. The van der Waals surface area contributed by atoms with Gasteiger partial charge >= 0.3 is 12.2 Å². The van der Waals surface area contributed by atoms with Gasteiger partial charge in [-0.2, -0.15) is 18.2 Å². The lowest BCUT2D eigenvalue weighted by atomic mass is 10.1. The SMILES string of the molecule is O=C(Nc1cccc(OCCO)n1)N1c2nc(-c3cccc(C(F)(F)F)c3)c(Cl)cc2N2CC[C@H]1C2. The summed E-state index contributed by atoms with van der Waals surface area (Å²) in [6.07, 6.45) is -3.83. The van der Waals surface area contributed by atoms with Crippen LogP contribution in [0.15, 0.2) is 48.5 Å². The second-order valence-corrected chi connectivity index (χ2v) is 8.77. The molecule has 12 heteroatoms. The molecule has 3 aromatic rings. The van der Waals surface area contributed by atoms with Gasteiger partial charge in [-0.25, -0.2) is 9.78 Å². The summed E-state index contributed by atoms with van der Waals surface area (Å²) >= 11 is 6.48. The highest BCUT2D eigenvalue weighted by atomic mass is 35.5. The van der Waals surface area contributed by atoms with Crippen molar-refractivity contribution in [3.05, 3.63) is 59.1 Å². The van der Waals surface area contributed by atoms with E-state index in [0.29, 0.717) is 31.0 Å². The number of amides is 2. The summed E-state index contributed by atoms with van der Waals surface area (Å²) in [5, 5.41) is 11.9. The molecule has 8 nitrogen and oxygen atoms in total. The van der Waals surface area contributed by atoms with Gasteiger partial charge < -0.3 is 14.7 Å². The van der Waals surface area contributed by atoms with Gasteiger partial charge in [-0.15, -0.1) is 0 Å². The van der Waals surface area contributed by atoms with Crippen LogP contribution in [-0.4, -0.2) is 53.5 Å². The first-order valence-electron chi connectivity index (χ1n) is 11.2. The van der Waals surface area contributed by atoms with Crippen LogP contribution in [0.1, 0.15) is 12.0 Å². The number of benzene rings is 1. The lowest BCUT2D eigenvalue weighted by Gasteiger charge is -2.36. The number of anilines is 3. The molecule has 4 heterocycles. The first-order valence-corrected chi connectivity index (χ1v) is 11.6. The van der Waals surface area contributed by atoms with Crippen LogP contribution in [0.4, 0.5) is 35.3 Å². The highest BCUT2D eigenvalue weighted by Gasteiger charge is 2.41. The van der Waals surface area contributed by atoms with Crippen molar-refractivity contribution in [1.82, 2.24) is 9.97 Å². The van der Waals surface area contributed by atoms with Crippen LogP contribution in [0.2, 0.25) is 5.02 Å². The Bertz CT molecular complexity index is 1310. The lowest BCUT2D eigenvalue weighted by molar-refractivity contribution is -0.137. The molecule has 0 spiro atoms. The molecule has 1 atom stereocenters. The average Bonchev–Trinajstić information content (AvgIpc) is 3.27. The summed E-state index contributed by atoms with van der Waals surface area (Å²) in [5.74, 6) is 0.792.